The maximum Gasteiger partial charge on any atom is 0.139 e. The van der Waals surface area contributed by atoms with Gasteiger partial charge in [-0.25, -0.2) is 9.97 Å². The number of nitrogens with one attached hydrogen (secondary N) is 2. The van der Waals surface area contributed by atoms with Gasteiger partial charge in [-0.3, -0.25) is 9.97 Å². The largest absolute Gasteiger partial charge is 0.344 e. The molecule has 0 unspecified atom stereocenters. The molecular formula is C22H25BrN8. The van der Waals surface area contributed by atoms with E-state index in [4.69, 9.17) is 0 Å². The lowest BCUT2D eigenvalue weighted by Crippen LogP contribution is -1.79. The van der Waals surface area contributed by atoms with Gasteiger partial charge in [0.2, 0.25) is 0 Å². The van der Waals surface area contributed by atoms with E-state index < -0.39 is 0 Å². The molecule has 0 bridgehead atoms. The number of pyridine rings is 4. The monoisotopic (exact) mass is 480 g/mol. The first-order valence-electron chi connectivity index (χ1n) is 8.76. The summed E-state index contributed by atoms with van der Waals surface area (Å²) in [6.07, 6.45) is 7.27. The van der Waals surface area contributed by atoms with Crippen molar-refractivity contribution in [2.75, 3.05) is 0 Å². The molecule has 0 saturated carbocycles. The van der Waals surface area contributed by atoms with E-state index in [-0.39, 0.29) is 19.7 Å². The second-order valence-corrected chi connectivity index (χ2v) is 7.28. The summed E-state index contributed by atoms with van der Waals surface area (Å²) in [6.45, 7) is 1.99. The molecule has 0 amide bonds. The van der Waals surface area contributed by atoms with Crippen LogP contribution in [0.2, 0.25) is 0 Å². The Labute approximate surface area is 187 Å². The van der Waals surface area contributed by atoms with Gasteiger partial charge in [0, 0.05) is 52.0 Å². The summed E-state index contributed by atoms with van der Waals surface area (Å²) in [5.74, 6) is 0. The Hall–Kier alpha value is -3.40. The van der Waals surface area contributed by atoms with Crippen LogP contribution in [0.15, 0.2) is 65.8 Å². The molecule has 160 valence electrons. The Kier molecular flexibility index (Phi) is 7.40. The Morgan fingerprint density at radius 2 is 1.19 bits per heavy atom. The first kappa shape index (κ1) is 23.9. The Balaban J connectivity index is 0.000000201. The zero-order chi connectivity index (χ0) is 19.1. The lowest BCUT2D eigenvalue weighted by Gasteiger charge is -1.91. The molecule has 6 rings (SSSR count). The second kappa shape index (κ2) is 9.61. The summed E-state index contributed by atoms with van der Waals surface area (Å²) in [6, 6.07) is 12.0. The van der Waals surface area contributed by atoms with E-state index in [0.717, 1.165) is 54.2 Å². The SMILES string of the molecule is Brc1ccc2c(n1)[nH]c1ccncc12.C.Cc1ccc2c(n1)[nH]c1ccncc12.N.N. The fraction of sp³-hybridized carbons (Fsp3) is 0.0909. The van der Waals surface area contributed by atoms with Crippen molar-refractivity contribution in [2.45, 2.75) is 14.4 Å². The van der Waals surface area contributed by atoms with Gasteiger partial charge < -0.3 is 22.3 Å². The van der Waals surface area contributed by atoms with Crippen LogP contribution in [0.5, 0.6) is 0 Å². The van der Waals surface area contributed by atoms with Crippen molar-refractivity contribution in [1.29, 1.82) is 0 Å². The smallest absolute Gasteiger partial charge is 0.139 e. The minimum atomic E-state index is 0. The molecule has 8 N–H and O–H groups in total. The first-order valence-corrected chi connectivity index (χ1v) is 9.55. The molecule has 0 saturated heterocycles. The van der Waals surface area contributed by atoms with Crippen LogP contribution >= 0.6 is 15.9 Å². The minimum Gasteiger partial charge on any atom is -0.344 e. The predicted octanol–water partition coefficient (Wildman–Crippen LogP) is 6.25. The number of aryl methyl sites for hydroxylation is 1. The highest BCUT2D eigenvalue weighted by Crippen LogP contribution is 2.24. The van der Waals surface area contributed by atoms with Crippen LogP contribution in [0, 0.1) is 6.92 Å². The zero-order valence-corrected chi connectivity index (χ0v) is 17.9. The molecule has 0 aliphatic heterocycles. The van der Waals surface area contributed by atoms with Crippen molar-refractivity contribution in [3.8, 4) is 0 Å². The van der Waals surface area contributed by atoms with E-state index in [1.54, 1.807) is 12.4 Å². The minimum absolute atomic E-state index is 0. The van der Waals surface area contributed by atoms with Crippen molar-refractivity contribution in [1.82, 2.24) is 42.2 Å². The van der Waals surface area contributed by atoms with Crippen molar-refractivity contribution >= 4 is 59.8 Å². The summed E-state index contributed by atoms with van der Waals surface area (Å²) < 4.78 is 0.838. The average Bonchev–Trinajstić information content (AvgIpc) is 3.25. The van der Waals surface area contributed by atoms with Crippen LogP contribution in [0.25, 0.3) is 43.9 Å². The third kappa shape index (κ3) is 4.38. The highest BCUT2D eigenvalue weighted by molar-refractivity contribution is 9.10. The fourth-order valence-corrected chi connectivity index (χ4v) is 3.62. The molecule has 0 aliphatic rings. The van der Waals surface area contributed by atoms with Crippen molar-refractivity contribution < 1.29 is 0 Å². The third-order valence-electron chi connectivity index (χ3n) is 4.62. The van der Waals surface area contributed by atoms with Crippen molar-refractivity contribution in [2.24, 2.45) is 0 Å². The summed E-state index contributed by atoms with van der Waals surface area (Å²) in [5, 5.41) is 4.49. The molecular weight excluding hydrogens is 456 g/mol. The second-order valence-electron chi connectivity index (χ2n) is 6.47. The number of aromatic nitrogens is 6. The van der Waals surface area contributed by atoms with E-state index >= 15 is 0 Å². The first-order chi connectivity index (χ1) is 13.7. The molecule has 0 atom stereocenters. The van der Waals surface area contributed by atoms with E-state index in [2.05, 4.69) is 51.9 Å². The van der Waals surface area contributed by atoms with Gasteiger partial charge in [0.05, 0.1) is 11.0 Å². The Morgan fingerprint density at radius 1 is 0.677 bits per heavy atom. The molecule has 31 heavy (non-hydrogen) atoms. The number of hydrogen-bond acceptors (Lipinski definition) is 6. The Morgan fingerprint density at radius 3 is 1.77 bits per heavy atom. The number of hydrogen-bond donors (Lipinski definition) is 4. The number of fused-ring (bicyclic) bond motifs is 6. The molecule has 0 fully saturated rings. The quantitative estimate of drug-likeness (QED) is 0.188. The zero-order valence-electron chi connectivity index (χ0n) is 16.4. The summed E-state index contributed by atoms with van der Waals surface area (Å²) in [7, 11) is 0. The van der Waals surface area contributed by atoms with E-state index in [9.17, 15) is 0 Å². The maximum atomic E-state index is 4.43. The Bertz CT molecular complexity index is 1340. The number of rotatable bonds is 0. The van der Waals surface area contributed by atoms with Gasteiger partial charge in [0.15, 0.2) is 0 Å². The highest BCUT2D eigenvalue weighted by atomic mass is 79.9. The molecule has 0 aromatic carbocycles. The van der Waals surface area contributed by atoms with E-state index in [0.29, 0.717) is 0 Å². The van der Waals surface area contributed by atoms with Crippen LogP contribution in [0.1, 0.15) is 13.1 Å². The van der Waals surface area contributed by atoms with Crippen molar-refractivity contribution in [3.05, 3.63) is 71.5 Å². The number of halogens is 1. The topological polar surface area (TPSA) is 153 Å². The summed E-state index contributed by atoms with van der Waals surface area (Å²) in [5.41, 5.74) is 5.01. The summed E-state index contributed by atoms with van der Waals surface area (Å²) >= 11 is 3.34. The molecule has 8 nitrogen and oxygen atoms in total. The van der Waals surface area contributed by atoms with Gasteiger partial charge in [-0.1, -0.05) is 7.43 Å². The molecule has 0 aliphatic carbocycles. The number of H-pyrrole nitrogens is 2. The van der Waals surface area contributed by atoms with Gasteiger partial charge in [0.25, 0.3) is 0 Å². The lowest BCUT2D eigenvalue weighted by atomic mass is 10.2. The number of aromatic amines is 2. The standard InChI is InChI=1S/C11H9N3.C10H6BrN3.CH4.2H3N/c1-7-2-3-8-9-6-12-5-4-10(9)14-11(8)13-7;11-9-2-1-6-7-5-12-4-3-8(7)13-10(6)14-9;;;/h2-6H,1H3,(H,13,14);1-5H,(H,13,14);1H4;2*1H3. The van der Waals surface area contributed by atoms with Crippen molar-refractivity contribution in [3.63, 3.8) is 0 Å². The van der Waals surface area contributed by atoms with Crippen LogP contribution in [0.4, 0.5) is 0 Å². The number of nitrogens with zero attached hydrogens (tertiary/aromatic N) is 4. The molecule has 0 radical (unpaired) electrons. The molecule has 6 heterocycles. The van der Waals surface area contributed by atoms with Gasteiger partial charge in [-0.15, -0.1) is 0 Å². The fourth-order valence-electron chi connectivity index (χ4n) is 3.31. The highest BCUT2D eigenvalue weighted by Gasteiger charge is 2.05. The van der Waals surface area contributed by atoms with Gasteiger partial charge in [-0.2, -0.15) is 0 Å². The maximum absolute atomic E-state index is 4.43. The molecule has 9 heteroatoms. The average molecular weight is 481 g/mol. The van der Waals surface area contributed by atoms with E-state index in [1.807, 2.05) is 49.6 Å². The predicted molar refractivity (Wildman–Crippen MR) is 132 cm³/mol. The molecule has 6 aromatic heterocycles. The van der Waals surface area contributed by atoms with Crippen LogP contribution in [0.3, 0.4) is 0 Å². The van der Waals surface area contributed by atoms with Crippen LogP contribution in [-0.4, -0.2) is 29.9 Å². The van der Waals surface area contributed by atoms with Crippen LogP contribution in [-0.2, 0) is 0 Å². The summed E-state index contributed by atoms with van der Waals surface area (Å²) in [4.78, 5) is 23.5. The normalized spacial score (nSPS) is 10.1. The molecule has 0 spiro atoms. The van der Waals surface area contributed by atoms with Gasteiger partial charge in [0.1, 0.15) is 15.9 Å². The third-order valence-corrected chi connectivity index (χ3v) is 5.07. The lowest BCUT2D eigenvalue weighted by molar-refractivity contribution is 1.23. The van der Waals surface area contributed by atoms with E-state index in [1.165, 1.54) is 0 Å². The molecule has 6 aromatic rings. The van der Waals surface area contributed by atoms with Gasteiger partial charge >= 0.3 is 0 Å². The van der Waals surface area contributed by atoms with Gasteiger partial charge in [-0.05, 0) is 59.3 Å². The van der Waals surface area contributed by atoms with Crippen LogP contribution < -0.4 is 12.3 Å².